The molecule has 4 aromatic carbocycles. The highest BCUT2D eigenvalue weighted by Gasteiger charge is 2.48. The Hall–Kier alpha value is -4.87. The van der Waals surface area contributed by atoms with Crippen molar-refractivity contribution in [2.45, 2.75) is 35.9 Å². The number of aliphatic hydroxyl groups is 1. The van der Waals surface area contributed by atoms with Crippen molar-refractivity contribution in [1.82, 2.24) is 10.2 Å². The van der Waals surface area contributed by atoms with Crippen LogP contribution in [0.25, 0.3) is 16.5 Å². The van der Waals surface area contributed by atoms with Gasteiger partial charge >= 0.3 is 5.91 Å². The van der Waals surface area contributed by atoms with Gasteiger partial charge in [0.2, 0.25) is 5.13 Å². The molecule has 1 saturated heterocycles. The molecule has 3 heterocycles. The Balaban J connectivity index is 1.25. The Kier molecular flexibility index (Phi) is 8.82. The average Bonchev–Trinajstić information content (AvgIpc) is 3.68. The normalized spacial score (nSPS) is 17.0. The number of Topliss-reactive ketones (excluding diaryl/α,β-unsaturated/α-hetero) is 1. The number of benzene rings is 4. The highest BCUT2D eigenvalue weighted by atomic mass is 32.2. The number of aromatic nitrogens is 2. The zero-order valence-electron chi connectivity index (χ0n) is 25.5. The molecule has 0 bridgehead atoms. The van der Waals surface area contributed by atoms with Crippen molar-refractivity contribution in [3.63, 3.8) is 0 Å². The maximum absolute atomic E-state index is 13.8. The molecule has 1 atom stereocenters. The minimum Gasteiger partial charge on any atom is -0.507 e. The van der Waals surface area contributed by atoms with Crippen LogP contribution in [0.15, 0.2) is 94.8 Å². The number of anilines is 1. The average molecular weight is 666 g/mol. The number of amides is 1. The molecule has 0 saturated carbocycles. The van der Waals surface area contributed by atoms with E-state index in [2.05, 4.69) is 41.4 Å². The second-order valence-corrected chi connectivity index (χ2v) is 13.3. The Bertz CT molecular complexity index is 2000. The fourth-order valence-electron chi connectivity index (χ4n) is 5.72. The molecule has 0 aliphatic carbocycles. The van der Waals surface area contributed by atoms with E-state index in [-0.39, 0.29) is 16.5 Å². The van der Waals surface area contributed by atoms with Crippen LogP contribution in [0.4, 0.5) is 5.13 Å². The van der Waals surface area contributed by atoms with Crippen LogP contribution >= 0.6 is 23.1 Å². The number of thioether (sulfide) groups is 1. The quantitative estimate of drug-likeness (QED) is 0.0403. The molecular weight excluding hydrogens is 635 g/mol. The molecule has 5 aromatic rings. The maximum Gasteiger partial charge on any atom is 0.301 e. The number of carbonyl (C=O) groups excluding carboxylic acids is 2. The van der Waals surface area contributed by atoms with Crippen molar-refractivity contribution in [2.75, 3.05) is 24.7 Å². The van der Waals surface area contributed by atoms with Gasteiger partial charge in [0.1, 0.15) is 24.7 Å². The smallest absolute Gasteiger partial charge is 0.301 e. The van der Waals surface area contributed by atoms with Crippen LogP contribution in [0.5, 0.6) is 17.2 Å². The van der Waals surface area contributed by atoms with Crippen LogP contribution in [-0.4, -0.2) is 46.8 Å². The zero-order chi connectivity index (χ0) is 32.3. The molecule has 1 fully saturated rings. The lowest BCUT2D eigenvalue weighted by Crippen LogP contribution is -2.29. The lowest BCUT2D eigenvalue weighted by Gasteiger charge is -2.23. The second kappa shape index (κ2) is 13.5. The number of ether oxygens (including phenoxy) is 3. The van der Waals surface area contributed by atoms with Crippen molar-refractivity contribution in [2.24, 2.45) is 0 Å². The fourth-order valence-corrected chi connectivity index (χ4v) is 7.59. The molecule has 238 valence electrons. The van der Waals surface area contributed by atoms with Gasteiger partial charge in [-0.3, -0.25) is 14.5 Å². The summed E-state index contributed by atoms with van der Waals surface area (Å²) >= 11 is 2.74. The standard InChI is InChI=1S/C36H31N3O6S2/c1-2-3-16-43-26-12-7-10-23(19-26)31-30(32(40)24-14-15-28-29(20-24)45-18-17-44-28)33(41)34(42)39(31)35-37-38-36(47-35)46-21-25-11-6-9-22-8-4-5-13-27(22)25/h4-15,19-20,31,40H,2-3,16-18,21H2,1H3/b32-30+. The maximum atomic E-state index is 13.8. The number of rotatable bonds is 10. The van der Waals surface area contributed by atoms with Gasteiger partial charge < -0.3 is 19.3 Å². The van der Waals surface area contributed by atoms with Gasteiger partial charge in [-0.2, -0.15) is 0 Å². The number of nitrogens with zero attached hydrogens (tertiary/aromatic N) is 3. The third-order valence-electron chi connectivity index (χ3n) is 8.03. The second-order valence-electron chi connectivity index (χ2n) is 11.1. The molecule has 9 nitrogen and oxygen atoms in total. The van der Waals surface area contributed by atoms with Gasteiger partial charge in [0.15, 0.2) is 15.8 Å². The predicted octanol–water partition coefficient (Wildman–Crippen LogP) is 7.56. The molecular formula is C36H31N3O6S2. The summed E-state index contributed by atoms with van der Waals surface area (Å²) in [6.07, 6.45) is 1.87. The van der Waals surface area contributed by atoms with Gasteiger partial charge in [-0.05, 0) is 58.7 Å². The minimum absolute atomic E-state index is 0.0578. The van der Waals surface area contributed by atoms with Gasteiger partial charge in [-0.15, -0.1) is 10.2 Å². The summed E-state index contributed by atoms with van der Waals surface area (Å²) in [7, 11) is 0. The van der Waals surface area contributed by atoms with Crippen molar-refractivity contribution < 1.29 is 28.9 Å². The molecule has 0 radical (unpaired) electrons. The van der Waals surface area contributed by atoms with Gasteiger partial charge in [0, 0.05) is 11.3 Å². The monoisotopic (exact) mass is 665 g/mol. The van der Waals surface area contributed by atoms with E-state index in [0.717, 1.165) is 29.2 Å². The van der Waals surface area contributed by atoms with Crippen LogP contribution in [0.2, 0.25) is 0 Å². The Morgan fingerprint density at radius 3 is 2.66 bits per heavy atom. The molecule has 1 unspecified atom stereocenters. The van der Waals surface area contributed by atoms with Crippen molar-refractivity contribution in [1.29, 1.82) is 0 Å². The first-order valence-corrected chi connectivity index (χ1v) is 17.2. The molecule has 2 aliphatic rings. The van der Waals surface area contributed by atoms with E-state index in [1.165, 1.54) is 28.0 Å². The highest BCUT2D eigenvalue weighted by Crippen LogP contribution is 2.45. The molecule has 1 aromatic heterocycles. The number of unbranched alkanes of at least 4 members (excludes halogenated alkanes) is 1. The summed E-state index contributed by atoms with van der Waals surface area (Å²) in [5.74, 6) is 0.315. The molecule has 11 heteroatoms. The summed E-state index contributed by atoms with van der Waals surface area (Å²) in [6.45, 7) is 3.40. The van der Waals surface area contributed by atoms with Gasteiger partial charge in [0.25, 0.3) is 5.78 Å². The predicted molar refractivity (Wildman–Crippen MR) is 182 cm³/mol. The van der Waals surface area contributed by atoms with E-state index in [0.29, 0.717) is 58.3 Å². The number of fused-ring (bicyclic) bond motifs is 2. The molecule has 47 heavy (non-hydrogen) atoms. The van der Waals surface area contributed by atoms with Crippen LogP contribution in [0.3, 0.4) is 0 Å². The first kappa shape index (κ1) is 30.8. The Labute approximate surface area is 279 Å². The van der Waals surface area contributed by atoms with Crippen LogP contribution < -0.4 is 19.1 Å². The summed E-state index contributed by atoms with van der Waals surface area (Å²) in [5, 5.41) is 23.0. The first-order chi connectivity index (χ1) is 23.0. The Morgan fingerprint density at radius 2 is 1.79 bits per heavy atom. The van der Waals surface area contributed by atoms with E-state index in [1.807, 2.05) is 36.4 Å². The lowest BCUT2D eigenvalue weighted by atomic mass is 9.95. The number of aliphatic hydroxyl groups excluding tert-OH is 1. The van der Waals surface area contributed by atoms with E-state index in [9.17, 15) is 14.7 Å². The number of hydrogen-bond donors (Lipinski definition) is 1. The Morgan fingerprint density at radius 1 is 0.979 bits per heavy atom. The lowest BCUT2D eigenvalue weighted by molar-refractivity contribution is -0.132. The molecule has 0 spiro atoms. The van der Waals surface area contributed by atoms with Gasteiger partial charge in [0.05, 0.1) is 18.2 Å². The number of hydrogen-bond acceptors (Lipinski definition) is 10. The van der Waals surface area contributed by atoms with Crippen molar-refractivity contribution in [3.8, 4) is 17.2 Å². The van der Waals surface area contributed by atoms with Crippen LogP contribution in [0.1, 0.15) is 42.5 Å². The van der Waals surface area contributed by atoms with Crippen LogP contribution in [-0.2, 0) is 15.3 Å². The minimum atomic E-state index is -0.971. The van der Waals surface area contributed by atoms with Gasteiger partial charge in [-0.25, -0.2) is 0 Å². The summed E-state index contributed by atoms with van der Waals surface area (Å²) in [5.41, 5.74) is 2.02. The number of ketones is 1. The largest absolute Gasteiger partial charge is 0.507 e. The molecule has 1 amide bonds. The summed E-state index contributed by atoms with van der Waals surface area (Å²) in [6, 6.07) is 25.6. The zero-order valence-corrected chi connectivity index (χ0v) is 27.2. The molecule has 2 aliphatic heterocycles. The topological polar surface area (TPSA) is 111 Å². The fraction of sp³-hybridized carbons (Fsp3) is 0.222. The summed E-state index contributed by atoms with van der Waals surface area (Å²) in [4.78, 5) is 28.9. The van der Waals surface area contributed by atoms with E-state index in [4.69, 9.17) is 14.2 Å². The number of carbonyl (C=O) groups is 2. The van der Waals surface area contributed by atoms with E-state index < -0.39 is 17.7 Å². The third kappa shape index (κ3) is 6.16. The molecule has 1 N–H and O–H groups in total. The summed E-state index contributed by atoms with van der Waals surface area (Å²) < 4.78 is 18.0. The third-order valence-corrected chi connectivity index (χ3v) is 10.1. The van der Waals surface area contributed by atoms with Crippen molar-refractivity contribution >= 4 is 56.5 Å². The highest BCUT2D eigenvalue weighted by molar-refractivity contribution is 8.00. The first-order valence-electron chi connectivity index (χ1n) is 15.4. The SMILES string of the molecule is CCCCOc1cccc(C2/C(=C(\O)c3ccc4c(c3)OCCO4)C(=O)C(=O)N2c2nnc(SCc3cccc4ccccc34)s2)c1. The van der Waals surface area contributed by atoms with E-state index >= 15 is 0 Å². The van der Waals surface area contributed by atoms with Crippen LogP contribution in [0, 0.1) is 0 Å². The molecule has 7 rings (SSSR count). The van der Waals surface area contributed by atoms with Crippen molar-refractivity contribution in [3.05, 3.63) is 107 Å². The van der Waals surface area contributed by atoms with Gasteiger partial charge in [-0.1, -0.05) is 91.0 Å². The van der Waals surface area contributed by atoms with E-state index in [1.54, 1.807) is 24.3 Å².